The SMILES string of the molecule is [CH2]C(C)(O)CN1C(C)=CC=CC1(C)c1cccc(C#N)c1C. The summed E-state index contributed by atoms with van der Waals surface area (Å²) < 4.78 is 0. The van der Waals surface area contributed by atoms with Crippen molar-refractivity contribution >= 4 is 0 Å². The summed E-state index contributed by atoms with van der Waals surface area (Å²) in [5, 5.41) is 19.5. The Balaban J connectivity index is 2.57. The highest BCUT2D eigenvalue weighted by Crippen LogP contribution is 2.38. The lowest BCUT2D eigenvalue weighted by atomic mass is 9.82. The van der Waals surface area contributed by atoms with Crippen LogP contribution in [-0.4, -0.2) is 22.2 Å². The minimum Gasteiger partial charge on any atom is -0.388 e. The number of hydrogen-bond acceptors (Lipinski definition) is 3. The molecule has 1 radical (unpaired) electrons. The van der Waals surface area contributed by atoms with E-state index in [2.05, 4.69) is 30.9 Å². The maximum Gasteiger partial charge on any atom is 0.0994 e. The summed E-state index contributed by atoms with van der Waals surface area (Å²) in [6, 6.07) is 8.04. The Labute approximate surface area is 133 Å². The molecule has 2 atom stereocenters. The van der Waals surface area contributed by atoms with Crippen LogP contribution in [0.15, 0.2) is 42.1 Å². The van der Waals surface area contributed by atoms with E-state index in [9.17, 15) is 10.4 Å². The monoisotopic (exact) mass is 295 g/mol. The predicted octanol–water partition coefficient (Wildman–Crippen LogP) is 3.44. The van der Waals surface area contributed by atoms with Gasteiger partial charge in [-0.25, -0.2) is 0 Å². The fourth-order valence-corrected chi connectivity index (χ4v) is 3.09. The topological polar surface area (TPSA) is 47.3 Å². The molecule has 0 bridgehead atoms. The molecule has 1 aromatic rings. The average Bonchev–Trinajstić information content (AvgIpc) is 2.42. The molecule has 0 spiro atoms. The largest absolute Gasteiger partial charge is 0.388 e. The van der Waals surface area contributed by atoms with Gasteiger partial charge in [-0.15, -0.1) is 0 Å². The molecule has 1 aromatic carbocycles. The molecule has 0 saturated heterocycles. The molecule has 0 aliphatic carbocycles. The highest BCUT2D eigenvalue weighted by Gasteiger charge is 2.37. The van der Waals surface area contributed by atoms with Gasteiger partial charge in [0, 0.05) is 12.2 Å². The second-order valence-corrected chi connectivity index (χ2v) is 6.49. The Morgan fingerprint density at radius 1 is 1.41 bits per heavy atom. The molecule has 0 saturated carbocycles. The van der Waals surface area contributed by atoms with E-state index in [1.165, 1.54) is 0 Å². The minimum atomic E-state index is -1.05. The molecule has 1 aliphatic heterocycles. The third-order valence-electron chi connectivity index (χ3n) is 4.24. The molecule has 1 N–H and O–H groups in total. The zero-order valence-electron chi connectivity index (χ0n) is 13.7. The van der Waals surface area contributed by atoms with E-state index in [1.807, 2.05) is 44.2 Å². The summed E-state index contributed by atoms with van der Waals surface area (Å²) in [5.74, 6) is 0. The Kier molecular flexibility index (Phi) is 4.17. The molecular weight excluding hydrogens is 272 g/mol. The van der Waals surface area contributed by atoms with Crippen LogP contribution in [0.25, 0.3) is 0 Å². The zero-order chi connectivity index (χ0) is 16.5. The van der Waals surface area contributed by atoms with Gasteiger partial charge in [-0.1, -0.05) is 24.3 Å². The lowest BCUT2D eigenvalue weighted by Crippen LogP contribution is -2.49. The maximum atomic E-state index is 10.2. The number of benzene rings is 1. The van der Waals surface area contributed by atoms with Gasteiger partial charge in [0.2, 0.25) is 0 Å². The van der Waals surface area contributed by atoms with Crippen LogP contribution in [0.5, 0.6) is 0 Å². The van der Waals surface area contributed by atoms with E-state index in [0.717, 1.165) is 16.8 Å². The van der Waals surface area contributed by atoms with Gasteiger partial charge in [0.05, 0.1) is 22.8 Å². The van der Waals surface area contributed by atoms with Gasteiger partial charge < -0.3 is 10.0 Å². The van der Waals surface area contributed by atoms with E-state index < -0.39 is 11.1 Å². The van der Waals surface area contributed by atoms with Crippen molar-refractivity contribution < 1.29 is 5.11 Å². The first-order valence-electron chi connectivity index (χ1n) is 7.41. The van der Waals surface area contributed by atoms with Crippen LogP contribution < -0.4 is 0 Å². The van der Waals surface area contributed by atoms with Gasteiger partial charge in [-0.2, -0.15) is 5.26 Å². The molecule has 0 aromatic heterocycles. The number of β-amino-alcohol motifs (C(OH)–C–C–N with tert-alkyl or cyclic N) is 1. The van der Waals surface area contributed by atoms with Crippen LogP contribution in [0.2, 0.25) is 0 Å². The highest BCUT2D eigenvalue weighted by molar-refractivity contribution is 5.48. The first-order chi connectivity index (χ1) is 10.2. The van der Waals surface area contributed by atoms with E-state index in [1.54, 1.807) is 6.92 Å². The standard InChI is InChI=1S/C19H23N2O/c1-14-8-7-11-19(5,21(14)13-18(3,4)22)17-10-6-9-16(12-20)15(17)2/h6-11,22H,3,13H2,1-2,4-5H3. The molecule has 1 aliphatic rings. The number of aliphatic hydroxyl groups is 1. The lowest BCUT2D eigenvalue weighted by molar-refractivity contribution is 0.0409. The van der Waals surface area contributed by atoms with Crippen molar-refractivity contribution in [2.45, 2.75) is 38.8 Å². The van der Waals surface area contributed by atoms with Crippen molar-refractivity contribution in [3.8, 4) is 6.07 Å². The molecule has 22 heavy (non-hydrogen) atoms. The van der Waals surface area contributed by atoms with Crippen molar-refractivity contribution in [1.29, 1.82) is 5.26 Å². The Bertz CT molecular complexity index is 674. The normalized spacial score (nSPS) is 21.5. The number of rotatable bonds is 3. The van der Waals surface area contributed by atoms with Crippen molar-refractivity contribution in [1.82, 2.24) is 4.90 Å². The van der Waals surface area contributed by atoms with Crippen LogP contribution in [0.3, 0.4) is 0 Å². The number of nitrogens with zero attached hydrogens (tertiary/aromatic N) is 2. The van der Waals surface area contributed by atoms with Crippen molar-refractivity contribution in [2.24, 2.45) is 0 Å². The van der Waals surface area contributed by atoms with Crippen molar-refractivity contribution in [3.63, 3.8) is 0 Å². The molecule has 115 valence electrons. The second kappa shape index (κ2) is 5.62. The van der Waals surface area contributed by atoms with Gasteiger partial charge in [0.1, 0.15) is 0 Å². The summed E-state index contributed by atoms with van der Waals surface area (Å²) in [4.78, 5) is 2.14. The molecule has 1 heterocycles. The highest BCUT2D eigenvalue weighted by atomic mass is 16.3. The maximum absolute atomic E-state index is 10.2. The van der Waals surface area contributed by atoms with Crippen molar-refractivity contribution in [3.05, 3.63) is 65.7 Å². The van der Waals surface area contributed by atoms with E-state index >= 15 is 0 Å². The summed E-state index contributed by atoms with van der Waals surface area (Å²) in [6.07, 6.45) is 6.16. The number of nitriles is 1. The number of allylic oxidation sites excluding steroid dienone is 3. The van der Waals surface area contributed by atoms with E-state index in [0.29, 0.717) is 12.1 Å². The van der Waals surface area contributed by atoms with Gasteiger partial charge >= 0.3 is 0 Å². The van der Waals surface area contributed by atoms with Crippen LogP contribution in [-0.2, 0) is 5.54 Å². The fourth-order valence-electron chi connectivity index (χ4n) is 3.09. The summed E-state index contributed by atoms with van der Waals surface area (Å²) in [7, 11) is 0. The van der Waals surface area contributed by atoms with Gasteiger partial charge in [-0.05, 0) is 57.9 Å². The van der Waals surface area contributed by atoms with Gasteiger partial charge in [-0.3, -0.25) is 0 Å². The zero-order valence-corrected chi connectivity index (χ0v) is 13.7. The molecule has 3 nitrogen and oxygen atoms in total. The van der Waals surface area contributed by atoms with Crippen LogP contribution in [0.1, 0.15) is 37.5 Å². The molecule has 0 amide bonds. The molecule has 2 unspecified atom stereocenters. The second-order valence-electron chi connectivity index (χ2n) is 6.49. The Hall–Kier alpha value is -2.05. The smallest absolute Gasteiger partial charge is 0.0994 e. The number of hydrogen-bond donors (Lipinski definition) is 1. The van der Waals surface area contributed by atoms with Crippen LogP contribution in [0.4, 0.5) is 0 Å². The Morgan fingerprint density at radius 2 is 2.09 bits per heavy atom. The first kappa shape index (κ1) is 16.3. The minimum absolute atomic E-state index is 0.409. The molecule has 0 fully saturated rings. The third-order valence-corrected chi connectivity index (χ3v) is 4.24. The van der Waals surface area contributed by atoms with Gasteiger partial charge in [0.25, 0.3) is 0 Å². The van der Waals surface area contributed by atoms with Crippen LogP contribution >= 0.6 is 0 Å². The lowest BCUT2D eigenvalue weighted by Gasteiger charge is -2.46. The van der Waals surface area contributed by atoms with Crippen LogP contribution in [0, 0.1) is 25.2 Å². The summed E-state index contributed by atoms with van der Waals surface area (Å²) in [5.41, 5.74) is 2.32. The predicted molar refractivity (Wildman–Crippen MR) is 88.8 cm³/mol. The van der Waals surface area contributed by atoms with Crippen molar-refractivity contribution in [2.75, 3.05) is 6.54 Å². The quantitative estimate of drug-likeness (QED) is 0.929. The van der Waals surface area contributed by atoms with E-state index in [4.69, 9.17) is 0 Å². The molecule has 2 rings (SSSR count). The summed E-state index contributed by atoms with van der Waals surface area (Å²) >= 11 is 0. The van der Waals surface area contributed by atoms with E-state index in [-0.39, 0.29) is 0 Å². The third kappa shape index (κ3) is 2.93. The summed E-state index contributed by atoms with van der Waals surface area (Å²) in [6.45, 7) is 12.0. The molecule has 3 heteroatoms. The fraction of sp³-hybridized carbons (Fsp3) is 0.368. The first-order valence-corrected chi connectivity index (χ1v) is 7.41. The Morgan fingerprint density at radius 3 is 2.68 bits per heavy atom. The van der Waals surface area contributed by atoms with Gasteiger partial charge in [0.15, 0.2) is 0 Å². The molecular formula is C19H23N2O. The average molecular weight is 295 g/mol.